The zero-order chi connectivity index (χ0) is 25.6. The zero-order valence-electron chi connectivity index (χ0n) is 21.4. The minimum absolute atomic E-state index is 0.735. The van der Waals surface area contributed by atoms with E-state index >= 15 is 0 Å². The van der Waals surface area contributed by atoms with Crippen molar-refractivity contribution in [3.05, 3.63) is 112 Å². The van der Waals surface area contributed by atoms with Crippen molar-refractivity contribution in [3.63, 3.8) is 0 Å². The fourth-order valence-corrected chi connectivity index (χ4v) is 5.83. The van der Waals surface area contributed by atoms with Crippen molar-refractivity contribution in [2.24, 2.45) is 0 Å². The Morgan fingerprint density at radius 2 is 1.86 bits per heavy atom. The fourth-order valence-electron chi connectivity index (χ4n) is 4.71. The Morgan fingerprint density at radius 3 is 2.68 bits per heavy atom. The molecule has 2 aromatic heterocycles. The minimum atomic E-state index is 0.735. The number of unbranched alkanes of at least 4 members (excludes halogenated alkanes) is 1. The van der Waals surface area contributed by atoms with Crippen LogP contribution in [-0.4, -0.2) is 9.55 Å². The molecule has 0 aliphatic carbocycles. The van der Waals surface area contributed by atoms with Gasteiger partial charge in [-0.3, -0.25) is 0 Å². The van der Waals surface area contributed by atoms with E-state index in [2.05, 4.69) is 96.7 Å². The molecule has 0 saturated carbocycles. The molecule has 0 spiro atoms. The van der Waals surface area contributed by atoms with Crippen LogP contribution in [0.15, 0.2) is 91.1 Å². The number of allylic oxidation sites excluding steroid dienone is 1. The summed E-state index contributed by atoms with van der Waals surface area (Å²) in [5.74, 6) is 0. The second-order valence-electron chi connectivity index (χ2n) is 9.30. The Labute approximate surface area is 228 Å². The summed E-state index contributed by atoms with van der Waals surface area (Å²) in [4.78, 5) is 6.05. The maximum atomic E-state index is 6.31. The van der Waals surface area contributed by atoms with Gasteiger partial charge in [-0.25, -0.2) is 4.98 Å². The van der Waals surface area contributed by atoms with Gasteiger partial charge in [0.15, 0.2) is 0 Å². The molecule has 2 heterocycles. The molecule has 37 heavy (non-hydrogen) atoms. The first-order chi connectivity index (χ1) is 18.1. The predicted molar refractivity (Wildman–Crippen MR) is 161 cm³/mol. The number of benzene rings is 3. The van der Waals surface area contributed by atoms with E-state index in [9.17, 15) is 0 Å². The number of thiazole rings is 1. The van der Waals surface area contributed by atoms with Crippen molar-refractivity contribution < 1.29 is 0 Å². The molecule has 188 valence electrons. The van der Waals surface area contributed by atoms with Crippen molar-refractivity contribution in [3.8, 4) is 10.4 Å². The van der Waals surface area contributed by atoms with E-state index < -0.39 is 0 Å². The molecule has 3 aromatic carbocycles. The molecule has 0 unspecified atom stereocenters. The van der Waals surface area contributed by atoms with Crippen LogP contribution >= 0.6 is 22.9 Å². The number of fused-ring (bicyclic) bond motifs is 1. The van der Waals surface area contributed by atoms with Crippen LogP contribution < -0.4 is 5.32 Å². The summed E-state index contributed by atoms with van der Waals surface area (Å²) in [5.41, 5.74) is 6.84. The highest BCUT2D eigenvalue weighted by molar-refractivity contribution is 7.15. The summed E-state index contributed by atoms with van der Waals surface area (Å²) in [6, 6.07) is 27.6. The molecule has 0 aliphatic heterocycles. The first kappa shape index (κ1) is 25.3. The van der Waals surface area contributed by atoms with Crippen LogP contribution in [0, 0.1) is 6.92 Å². The Morgan fingerprint density at radius 1 is 1.00 bits per heavy atom. The van der Waals surface area contributed by atoms with Crippen molar-refractivity contribution in [1.29, 1.82) is 0 Å². The van der Waals surface area contributed by atoms with Crippen molar-refractivity contribution in [2.45, 2.75) is 46.1 Å². The molecule has 3 nitrogen and oxygen atoms in total. The van der Waals surface area contributed by atoms with Crippen LogP contribution in [0.5, 0.6) is 0 Å². The number of aryl methyl sites for hydroxylation is 3. The molecule has 0 aliphatic rings. The highest BCUT2D eigenvalue weighted by atomic mass is 35.5. The van der Waals surface area contributed by atoms with Crippen LogP contribution in [0.4, 0.5) is 5.69 Å². The quantitative estimate of drug-likeness (QED) is 0.184. The number of rotatable bonds is 10. The van der Waals surface area contributed by atoms with Crippen LogP contribution in [0.25, 0.3) is 27.0 Å². The first-order valence-corrected chi connectivity index (χ1v) is 14.1. The van der Waals surface area contributed by atoms with E-state index in [4.69, 9.17) is 16.6 Å². The van der Waals surface area contributed by atoms with E-state index in [-0.39, 0.29) is 0 Å². The monoisotopic (exact) mass is 525 g/mol. The number of hydrogen-bond donors (Lipinski definition) is 1. The summed E-state index contributed by atoms with van der Waals surface area (Å²) in [6.45, 7) is 5.23. The third-order valence-electron chi connectivity index (χ3n) is 6.49. The topological polar surface area (TPSA) is 29.9 Å². The molecule has 0 atom stereocenters. The van der Waals surface area contributed by atoms with Gasteiger partial charge < -0.3 is 9.88 Å². The second-order valence-corrected chi connectivity index (χ2v) is 10.9. The average Bonchev–Trinajstić information content (AvgIpc) is 3.50. The summed E-state index contributed by atoms with van der Waals surface area (Å²) >= 11 is 8.01. The number of anilines is 1. The Bertz CT molecular complexity index is 1510. The lowest BCUT2D eigenvalue weighted by molar-refractivity contribution is 0.624. The van der Waals surface area contributed by atoms with Gasteiger partial charge in [0, 0.05) is 23.5 Å². The predicted octanol–water partition coefficient (Wildman–Crippen LogP) is 9.61. The molecule has 1 N–H and O–H groups in total. The summed E-state index contributed by atoms with van der Waals surface area (Å²) < 4.78 is 2.37. The molecule has 0 bridgehead atoms. The van der Waals surface area contributed by atoms with Gasteiger partial charge in [-0.05, 0) is 79.5 Å². The molecule has 5 aromatic rings. The lowest BCUT2D eigenvalue weighted by Gasteiger charge is -2.13. The van der Waals surface area contributed by atoms with Gasteiger partial charge in [-0.15, -0.1) is 11.3 Å². The van der Waals surface area contributed by atoms with E-state index in [0.29, 0.717) is 0 Å². The minimum Gasteiger partial charge on any atom is -0.354 e. The van der Waals surface area contributed by atoms with Gasteiger partial charge in [-0.1, -0.05) is 73.1 Å². The SMILES string of the molecule is CCC=C(Nc1ccc2ccn(CCCCc3ccccc3)c2c1)c1nc(C)sc1-c1cccc(Cl)c1. The zero-order valence-corrected chi connectivity index (χ0v) is 22.9. The van der Waals surface area contributed by atoms with Crippen LogP contribution in [0.3, 0.4) is 0 Å². The van der Waals surface area contributed by atoms with Crippen LogP contribution in [0.1, 0.15) is 42.5 Å². The lowest BCUT2D eigenvalue weighted by atomic mass is 10.1. The summed E-state index contributed by atoms with van der Waals surface area (Å²) in [7, 11) is 0. The number of nitrogens with zero attached hydrogens (tertiary/aromatic N) is 2. The fraction of sp³-hybridized carbons (Fsp3) is 0.219. The molecule has 0 fully saturated rings. The van der Waals surface area contributed by atoms with Crippen LogP contribution in [0.2, 0.25) is 5.02 Å². The lowest BCUT2D eigenvalue weighted by Crippen LogP contribution is -2.02. The maximum absolute atomic E-state index is 6.31. The number of aromatic nitrogens is 2. The normalized spacial score (nSPS) is 11.8. The Balaban J connectivity index is 1.35. The standard InChI is InChI=1S/C32H32ClN3S/c1-3-10-29(31-32(37-23(2)34-31)26-14-9-15-27(33)21-26)35-28-17-16-25-18-20-36(30(25)22-28)19-8-7-13-24-11-5-4-6-12-24/h4-6,9-12,14-18,20-22,35H,3,7-8,13,19H2,1-2H3. The molecule has 5 heteroatoms. The van der Waals surface area contributed by atoms with Crippen molar-refractivity contribution in [2.75, 3.05) is 5.32 Å². The molecule has 0 saturated heterocycles. The Kier molecular flexibility index (Phi) is 8.08. The van der Waals surface area contributed by atoms with E-state index in [1.54, 1.807) is 11.3 Å². The van der Waals surface area contributed by atoms with Crippen molar-refractivity contribution >= 4 is 45.2 Å². The average molecular weight is 526 g/mol. The van der Waals surface area contributed by atoms with E-state index in [1.807, 2.05) is 18.2 Å². The molecule has 0 amide bonds. The first-order valence-electron chi connectivity index (χ1n) is 12.9. The number of halogens is 1. The van der Waals surface area contributed by atoms with E-state index in [1.165, 1.54) is 22.9 Å². The van der Waals surface area contributed by atoms with Crippen molar-refractivity contribution in [1.82, 2.24) is 9.55 Å². The summed E-state index contributed by atoms with van der Waals surface area (Å²) in [5, 5.41) is 6.72. The summed E-state index contributed by atoms with van der Waals surface area (Å²) in [6.07, 6.45) is 8.79. The third-order valence-corrected chi connectivity index (χ3v) is 7.75. The Hall–Kier alpha value is -3.34. The van der Waals surface area contributed by atoms with Gasteiger partial charge in [0.05, 0.1) is 21.1 Å². The molecular formula is C32H32ClN3S. The second kappa shape index (κ2) is 11.8. The van der Waals surface area contributed by atoms with Crippen LogP contribution in [-0.2, 0) is 13.0 Å². The number of nitrogens with one attached hydrogen (secondary N) is 1. The largest absolute Gasteiger partial charge is 0.354 e. The van der Waals surface area contributed by atoms with Gasteiger partial charge in [0.25, 0.3) is 0 Å². The molecule has 0 radical (unpaired) electrons. The van der Waals surface area contributed by atoms with Gasteiger partial charge in [-0.2, -0.15) is 0 Å². The van der Waals surface area contributed by atoms with Gasteiger partial charge in [0.2, 0.25) is 0 Å². The highest BCUT2D eigenvalue weighted by Crippen LogP contribution is 2.36. The van der Waals surface area contributed by atoms with Gasteiger partial charge >= 0.3 is 0 Å². The van der Waals surface area contributed by atoms with E-state index in [0.717, 1.165) is 63.4 Å². The van der Waals surface area contributed by atoms with Gasteiger partial charge in [0.1, 0.15) is 5.69 Å². The number of hydrogen-bond acceptors (Lipinski definition) is 3. The third kappa shape index (κ3) is 6.15. The smallest absolute Gasteiger partial charge is 0.105 e. The molecule has 5 rings (SSSR count). The molecular weight excluding hydrogens is 494 g/mol. The maximum Gasteiger partial charge on any atom is 0.105 e. The highest BCUT2D eigenvalue weighted by Gasteiger charge is 2.16.